The Morgan fingerprint density at radius 1 is 1.22 bits per heavy atom. The van der Waals surface area contributed by atoms with Gasteiger partial charge in [0.15, 0.2) is 11.0 Å². The van der Waals surface area contributed by atoms with Crippen LogP contribution in [-0.2, 0) is 6.54 Å². The molecule has 5 nitrogen and oxygen atoms in total. The molecule has 0 saturated carbocycles. The van der Waals surface area contributed by atoms with Crippen molar-refractivity contribution < 1.29 is 4.42 Å². The lowest BCUT2D eigenvalue weighted by atomic mass is 10.2. The first kappa shape index (κ1) is 15.8. The van der Waals surface area contributed by atoms with E-state index in [4.69, 9.17) is 9.68 Å². The first-order valence-electron chi connectivity index (χ1n) is 6.99. The van der Waals surface area contributed by atoms with Crippen LogP contribution in [0.25, 0.3) is 11.4 Å². The molecule has 116 valence electrons. The summed E-state index contributed by atoms with van der Waals surface area (Å²) in [6, 6.07) is 13.9. The Hall–Kier alpha value is -2.04. The summed E-state index contributed by atoms with van der Waals surface area (Å²) in [5, 5.41) is 18.1. The topological polar surface area (TPSA) is 67.6 Å². The molecule has 0 aliphatic carbocycles. The number of benzene rings is 1. The van der Waals surface area contributed by atoms with Crippen molar-refractivity contribution in [2.24, 2.45) is 0 Å². The summed E-state index contributed by atoms with van der Waals surface area (Å²) in [6.45, 7) is 0.556. The Labute approximate surface area is 146 Å². The molecule has 0 unspecified atom stereocenters. The molecule has 0 fully saturated rings. The van der Waals surface area contributed by atoms with E-state index in [-0.39, 0.29) is 0 Å². The third-order valence-corrected chi connectivity index (χ3v) is 4.66. The van der Waals surface area contributed by atoms with Crippen LogP contribution < -0.4 is 0 Å². The molecule has 0 atom stereocenters. The minimum atomic E-state index is 0.478. The lowest BCUT2D eigenvalue weighted by molar-refractivity contribution is 0.485. The van der Waals surface area contributed by atoms with E-state index in [1.165, 1.54) is 11.8 Å². The third kappa shape index (κ3) is 3.84. The number of thioether (sulfide) groups is 1. The van der Waals surface area contributed by atoms with Crippen molar-refractivity contribution in [3.8, 4) is 17.5 Å². The highest BCUT2D eigenvalue weighted by Gasteiger charge is 2.15. The number of aromatic nitrogens is 3. The summed E-state index contributed by atoms with van der Waals surface area (Å²) in [5.74, 6) is 2.31. The lowest BCUT2D eigenvalue weighted by Crippen LogP contribution is -2.03. The average molecular weight is 389 g/mol. The van der Waals surface area contributed by atoms with Gasteiger partial charge in [0.2, 0.25) is 0 Å². The maximum absolute atomic E-state index is 8.70. The van der Waals surface area contributed by atoms with E-state index in [9.17, 15) is 0 Å². The molecule has 3 rings (SSSR count). The van der Waals surface area contributed by atoms with Crippen molar-refractivity contribution >= 4 is 27.7 Å². The molecule has 23 heavy (non-hydrogen) atoms. The number of rotatable bonds is 6. The highest BCUT2D eigenvalue weighted by atomic mass is 79.9. The van der Waals surface area contributed by atoms with Gasteiger partial charge in [-0.15, -0.1) is 10.2 Å². The predicted molar refractivity (Wildman–Crippen MR) is 91.9 cm³/mol. The summed E-state index contributed by atoms with van der Waals surface area (Å²) in [7, 11) is 0. The Morgan fingerprint density at radius 2 is 2.04 bits per heavy atom. The molecule has 0 saturated heterocycles. The van der Waals surface area contributed by atoms with Gasteiger partial charge < -0.3 is 4.42 Å². The van der Waals surface area contributed by atoms with E-state index in [2.05, 4.69) is 32.2 Å². The van der Waals surface area contributed by atoms with Crippen LogP contribution in [0.1, 0.15) is 12.2 Å². The van der Waals surface area contributed by atoms with Crippen LogP contribution in [0.5, 0.6) is 0 Å². The van der Waals surface area contributed by atoms with Crippen LogP contribution in [-0.4, -0.2) is 20.5 Å². The van der Waals surface area contributed by atoms with Crippen LogP contribution in [0.2, 0.25) is 0 Å². The van der Waals surface area contributed by atoms with Crippen molar-refractivity contribution in [1.29, 1.82) is 5.26 Å². The summed E-state index contributed by atoms with van der Waals surface area (Å²) >= 11 is 4.97. The van der Waals surface area contributed by atoms with Crippen molar-refractivity contribution in [2.45, 2.75) is 18.1 Å². The third-order valence-electron chi connectivity index (χ3n) is 3.16. The number of halogens is 1. The van der Waals surface area contributed by atoms with Crippen molar-refractivity contribution in [3.63, 3.8) is 0 Å². The van der Waals surface area contributed by atoms with E-state index in [1.54, 1.807) is 6.26 Å². The van der Waals surface area contributed by atoms with Gasteiger partial charge >= 0.3 is 0 Å². The summed E-state index contributed by atoms with van der Waals surface area (Å²) < 4.78 is 8.49. The van der Waals surface area contributed by atoms with Crippen molar-refractivity contribution in [3.05, 3.63) is 52.9 Å². The monoisotopic (exact) mass is 388 g/mol. The van der Waals surface area contributed by atoms with Gasteiger partial charge in [-0.1, -0.05) is 39.8 Å². The van der Waals surface area contributed by atoms with E-state index < -0.39 is 0 Å². The first-order valence-corrected chi connectivity index (χ1v) is 8.77. The second kappa shape index (κ2) is 7.49. The number of furan rings is 1. The number of nitriles is 1. The van der Waals surface area contributed by atoms with Crippen LogP contribution >= 0.6 is 27.7 Å². The van der Waals surface area contributed by atoms with E-state index in [0.717, 1.165) is 26.8 Å². The fourth-order valence-electron chi connectivity index (χ4n) is 2.10. The molecule has 0 amide bonds. The van der Waals surface area contributed by atoms with Gasteiger partial charge in [0.25, 0.3) is 0 Å². The molecule has 0 N–H and O–H groups in total. The fraction of sp³-hybridized carbons (Fsp3) is 0.188. The molecule has 7 heteroatoms. The second-order valence-electron chi connectivity index (χ2n) is 4.74. The Bertz CT molecular complexity index is 806. The van der Waals surface area contributed by atoms with E-state index >= 15 is 0 Å². The Morgan fingerprint density at radius 3 is 2.74 bits per heavy atom. The molecule has 1 aromatic carbocycles. The highest BCUT2D eigenvalue weighted by molar-refractivity contribution is 9.10. The first-order chi connectivity index (χ1) is 11.3. The number of hydrogen-bond acceptors (Lipinski definition) is 5. The lowest BCUT2D eigenvalue weighted by Gasteiger charge is -2.08. The van der Waals surface area contributed by atoms with Gasteiger partial charge in [-0.3, -0.25) is 4.57 Å². The summed E-state index contributed by atoms with van der Waals surface area (Å²) in [5.41, 5.74) is 0.986. The Balaban J connectivity index is 1.94. The summed E-state index contributed by atoms with van der Waals surface area (Å²) in [6.07, 6.45) is 2.13. The summed E-state index contributed by atoms with van der Waals surface area (Å²) in [4.78, 5) is 0. The minimum Gasteiger partial charge on any atom is -0.467 e. The van der Waals surface area contributed by atoms with Gasteiger partial charge in [-0.05, 0) is 24.3 Å². The molecule has 2 heterocycles. The largest absolute Gasteiger partial charge is 0.467 e. The van der Waals surface area contributed by atoms with Crippen LogP contribution in [0.3, 0.4) is 0 Å². The molecular formula is C16H13BrN4OS. The molecule has 0 spiro atoms. The maximum Gasteiger partial charge on any atom is 0.191 e. The maximum atomic E-state index is 8.70. The molecular weight excluding hydrogens is 376 g/mol. The molecule has 0 bridgehead atoms. The number of hydrogen-bond donors (Lipinski definition) is 0. The predicted octanol–water partition coefficient (Wildman–Crippen LogP) is 4.35. The molecule has 0 aliphatic heterocycles. The molecule has 2 aromatic heterocycles. The quantitative estimate of drug-likeness (QED) is 0.463. The van der Waals surface area contributed by atoms with E-state index in [0.29, 0.717) is 18.7 Å². The van der Waals surface area contributed by atoms with Crippen LogP contribution in [0, 0.1) is 11.3 Å². The smallest absolute Gasteiger partial charge is 0.191 e. The SMILES string of the molecule is N#CCCSc1nnc(-c2ccc(Br)cc2)n1Cc1ccco1. The molecule has 0 radical (unpaired) electrons. The normalized spacial score (nSPS) is 10.6. The van der Waals surface area contributed by atoms with Gasteiger partial charge in [-0.2, -0.15) is 5.26 Å². The minimum absolute atomic E-state index is 0.478. The van der Waals surface area contributed by atoms with Crippen LogP contribution in [0.15, 0.2) is 56.7 Å². The van der Waals surface area contributed by atoms with Gasteiger partial charge in [0, 0.05) is 22.2 Å². The van der Waals surface area contributed by atoms with E-state index in [1.807, 2.05) is 41.0 Å². The second-order valence-corrected chi connectivity index (χ2v) is 6.71. The molecule has 3 aromatic rings. The highest BCUT2D eigenvalue weighted by Crippen LogP contribution is 2.26. The molecule has 0 aliphatic rings. The van der Waals surface area contributed by atoms with Crippen molar-refractivity contribution in [2.75, 3.05) is 5.75 Å². The van der Waals surface area contributed by atoms with Gasteiger partial charge in [0.05, 0.1) is 18.9 Å². The van der Waals surface area contributed by atoms with Crippen molar-refractivity contribution in [1.82, 2.24) is 14.8 Å². The van der Waals surface area contributed by atoms with Gasteiger partial charge in [-0.25, -0.2) is 0 Å². The standard InChI is InChI=1S/C16H13BrN4OS/c17-13-6-4-12(5-7-13)15-19-20-16(23-10-2-8-18)21(15)11-14-3-1-9-22-14/h1,3-7,9H,2,10-11H2. The zero-order chi connectivity index (χ0) is 16.1. The van der Waals surface area contributed by atoms with Crippen LogP contribution in [0.4, 0.5) is 0 Å². The number of nitrogens with zero attached hydrogens (tertiary/aromatic N) is 4. The fourth-order valence-corrected chi connectivity index (χ4v) is 3.14. The van der Waals surface area contributed by atoms with Gasteiger partial charge in [0.1, 0.15) is 5.76 Å². The zero-order valence-electron chi connectivity index (χ0n) is 12.1. The average Bonchev–Trinajstić information content (AvgIpc) is 3.20. The Kier molecular flexibility index (Phi) is 5.16. The zero-order valence-corrected chi connectivity index (χ0v) is 14.5.